The van der Waals surface area contributed by atoms with Gasteiger partial charge in [-0.05, 0) is 44.9 Å². The number of ether oxygens (including phenoxy) is 1. The molecule has 0 aliphatic rings. The highest BCUT2D eigenvalue weighted by molar-refractivity contribution is 5.85. The smallest absolute Gasteiger partial charge is 0.395 e. The standard InChI is InChI=1S/C28H49O4/c1-3-5-7-9-11-13-15-17-19-21-23-25-27(29)32-26(28(30)31)24-22-20-18-16-14-12-10-8-6-4-2/h10,12,23,25-26H,3-9,11,13-22,24H2,1-2H3/b12-10-,25-23?. The Bertz CT molecular complexity index is 496. The predicted molar refractivity (Wildman–Crippen MR) is 133 cm³/mol. The van der Waals surface area contributed by atoms with Gasteiger partial charge >= 0.3 is 11.9 Å². The first kappa shape index (κ1) is 30.4. The summed E-state index contributed by atoms with van der Waals surface area (Å²) in [4.78, 5) is 23.2. The highest BCUT2D eigenvalue weighted by Gasteiger charge is 2.22. The van der Waals surface area contributed by atoms with Crippen LogP contribution in [0.1, 0.15) is 136 Å². The van der Waals surface area contributed by atoms with Crippen molar-refractivity contribution in [2.75, 3.05) is 0 Å². The molecule has 185 valence electrons. The molecule has 0 fully saturated rings. The van der Waals surface area contributed by atoms with Crippen LogP contribution in [-0.4, -0.2) is 18.0 Å². The Morgan fingerprint density at radius 1 is 0.625 bits per heavy atom. The van der Waals surface area contributed by atoms with Crippen molar-refractivity contribution in [3.05, 3.63) is 24.3 Å². The predicted octanol–water partition coefficient (Wildman–Crippen LogP) is 8.42. The number of hydrogen-bond acceptors (Lipinski definition) is 3. The largest absolute Gasteiger partial charge is 0.447 e. The molecule has 0 aromatic carbocycles. The molecule has 0 aromatic heterocycles. The van der Waals surface area contributed by atoms with Gasteiger partial charge in [0.2, 0.25) is 6.10 Å². The van der Waals surface area contributed by atoms with Crippen LogP contribution in [0.4, 0.5) is 0 Å². The first-order valence-electron chi connectivity index (χ1n) is 13.3. The number of hydrogen-bond donors (Lipinski definition) is 0. The van der Waals surface area contributed by atoms with Gasteiger partial charge in [0, 0.05) is 6.08 Å². The maximum absolute atomic E-state index is 11.9. The zero-order valence-corrected chi connectivity index (χ0v) is 21.0. The number of rotatable bonds is 23. The van der Waals surface area contributed by atoms with Gasteiger partial charge in [0.05, 0.1) is 0 Å². The van der Waals surface area contributed by atoms with Gasteiger partial charge in [-0.25, -0.2) is 14.7 Å². The van der Waals surface area contributed by atoms with Crippen molar-refractivity contribution in [1.82, 2.24) is 0 Å². The van der Waals surface area contributed by atoms with Crippen LogP contribution in [0.2, 0.25) is 0 Å². The zero-order valence-electron chi connectivity index (χ0n) is 21.0. The van der Waals surface area contributed by atoms with Gasteiger partial charge in [-0.1, -0.05) is 109 Å². The Balaban J connectivity index is 3.76. The molecular weight excluding hydrogens is 400 g/mol. The molecule has 0 aliphatic carbocycles. The summed E-state index contributed by atoms with van der Waals surface area (Å²) in [6.07, 6.45) is 27.6. The first-order valence-corrected chi connectivity index (χ1v) is 13.3. The van der Waals surface area contributed by atoms with Crippen molar-refractivity contribution in [3.8, 4) is 0 Å². The van der Waals surface area contributed by atoms with Crippen molar-refractivity contribution in [3.63, 3.8) is 0 Å². The van der Waals surface area contributed by atoms with Crippen LogP contribution in [-0.2, 0) is 19.4 Å². The quantitative estimate of drug-likeness (QED) is 0.0680. The molecular formula is C28H49O4. The molecule has 0 saturated carbocycles. The summed E-state index contributed by atoms with van der Waals surface area (Å²) in [5, 5.41) is 11.3. The minimum absolute atomic E-state index is 0.326. The van der Waals surface area contributed by atoms with E-state index in [4.69, 9.17) is 4.74 Å². The SMILES string of the molecule is CCCC/C=C\CCCCCCC(OC(=O)C=CCCCCCCCCCCC)C([O])=O. The van der Waals surface area contributed by atoms with Crippen LogP contribution in [0.15, 0.2) is 24.3 Å². The fourth-order valence-electron chi connectivity index (χ4n) is 3.66. The number of carbonyl (C=O) groups is 2. The molecule has 0 aliphatic heterocycles. The van der Waals surface area contributed by atoms with E-state index in [1.54, 1.807) is 6.08 Å². The number of unbranched alkanes of at least 4 members (excludes halogenated alkanes) is 15. The van der Waals surface area contributed by atoms with E-state index in [1.807, 2.05) is 0 Å². The lowest BCUT2D eigenvalue weighted by Gasteiger charge is -2.11. The van der Waals surface area contributed by atoms with Crippen molar-refractivity contribution < 1.29 is 19.4 Å². The third kappa shape index (κ3) is 21.6. The lowest BCUT2D eigenvalue weighted by atomic mass is 10.1. The molecule has 4 heteroatoms. The highest BCUT2D eigenvalue weighted by atomic mass is 16.6. The van der Waals surface area contributed by atoms with Crippen LogP contribution in [0.25, 0.3) is 0 Å². The Hall–Kier alpha value is -1.58. The molecule has 0 saturated heterocycles. The maximum atomic E-state index is 11.9. The second kappa shape index (κ2) is 24.1. The second-order valence-corrected chi connectivity index (χ2v) is 8.87. The summed E-state index contributed by atoms with van der Waals surface area (Å²) in [7, 11) is 0. The summed E-state index contributed by atoms with van der Waals surface area (Å²) >= 11 is 0. The van der Waals surface area contributed by atoms with E-state index in [1.165, 1.54) is 70.3 Å². The molecule has 1 atom stereocenters. The van der Waals surface area contributed by atoms with Gasteiger partial charge in [0.25, 0.3) is 0 Å². The summed E-state index contributed by atoms with van der Waals surface area (Å²) in [6.45, 7) is 4.43. The monoisotopic (exact) mass is 449 g/mol. The Morgan fingerprint density at radius 2 is 1.09 bits per heavy atom. The first-order chi connectivity index (χ1) is 15.6. The van der Waals surface area contributed by atoms with Crippen LogP contribution in [0.3, 0.4) is 0 Å². The van der Waals surface area contributed by atoms with Gasteiger partial charge in [0.1, 0.15) is 0 Å². The fourth-order valence-corrected chi connectivity index (χ4v) is 3.66. The second-order valence-electron chi connectivity index (χ2n) is 8.87. The van der Waals surface area contributed by atoms with Gasteiger partial charge in [0.15, 0.2) is 0 Å². The van der Waals surface area contributed by atoms with Crippen LogP contribution < -0.4 is 0 Å². The van der Waals surface area contributed by atoms with Crippen molar-refractivity contribution in [2.45, 2.75) is 142 Å². The minimum Gasteiger partial charge on any atom is -0.447 e. The topological polar surface area (TPSA) is 63.3 Å². The van der Waals surface area contributed by atoms with Crippen molar-refractivity contribution in [1.29, 1.82) is 0 Å². The summed E-state index contributed by atoms with van der Waals surface area (Å²) in [5.74, 6) is -1.88. The lowest BCUT2D eigenvalue weighted by Crippen LogP contribution is -2.25. The molecule has 0 bridgehead atoms. The average molecular weight is 450 g/mol. The molecule has 0 heterocycles. The Labute approximate surface area is 197 Å². The van der Waals surface area contributed by atoms with E-state index < -0.39 is 18.0 Å². The molecule has 0 N–H and O–H groups in total. The van der Waals surface area contributed by atoms with Gasteiger partial charge < -0.3 is 4.74 Å². The zero-order chi connectivity index (χ0) is 23.7. The molecule has 0 spiro atoms. The third-order valence-corrected chi connectivity index (χ3v) is 5.73. The lowest BCUT2D eigenvalue weighted by molar-refractivity contribution is -0.165. The van der Waals surface area contributed by atoms with Gasteiger partial charge in [-0.15, -0.1) is 0 Å². The molecule has 1 unspecified atom stereocenters. The van der Waals surface area contributed by atoms with Crippen molar-refractivity contribution >= 4 is 11.9 Å². The number of allylic oxidation sites excluding steroid dienone is 3. The molecule has 0 aromatic rings. The summed E-state index contributed by atoms with van der Waals surface area (Å²) in [5.41, 5.74) is 0. The van der Waals surface area contributed by atoms with Crippen LogP contribution >= 0.6 is 0 Å². The third-order valence-electron chi connectivity index (χ3n) is 5.73. The van der Waals surface area contributed by atoms with Gasteiger partial charge in [-0.3, -0.25) is 0 Å². The van der Waals surface area contributed by atoms with E-state index in [2.05, 4.69) is 26.0 Å². The normalized spacial score (nSPS) is 12.6. The number of carbonyl (C=O) groups excluding carboxylic acids is 2. The van der Waals surface area contributed by atoms with E-state index in [0.29, 0.717) is 6.42 Å². The summed E-state index contributed by atoms with van der Waals surface area (Å²) in [6, 6.07) is 0. The van der Waals surface area contributed by atoms with Crippen LogP contribution in [0, 0.1) is 0 Å². The molecule has 4 nitrogen and oxygen atoms in total. The maximum Gasteiger partial charge on any atom is 0.395 e. The summed E-state index contributed by atoms with van der Waals surface area (Å²) < 4.78 is 5.09. The molecule has 32 heavy (non-hydrogen) atoms. The fraction of sp³-hybridized carbons (Fsp3) is 0.786. The van der Waals surface area contributed by atoms with E-state index in [-0.39, 0.29) is 0 Å². The number of esters is 1. The Morgan fingerprint density at radius 3 is 1.66 bits per heavy atom. The van der Waals surface area contributed by atoms with Crippen molar-refractivity contribution in [2.24, 2.45) is 0 Å². The molecule has 0 rings (SSSR count). The molecule has 0 amide bonds. The minimum atomic E-state index is -1.30. The Kier molecular flexibility index (Phi) is 22.9. The van der Waals surface area contributed by atoms with Gasteiger partial charge in [-0.2, -0.15) is 0 Å². The van der Waals surface area contributed by atoms with E-state index >= 15 is 0 Å². The highest BCUT2D eigenvalue weighted by Crippen LogP contribution is 2.12. The average Bonchev–Trinajstić information content (AvgIpc) is 2.77. The molecule has 1 radical (unpaired) electrons. The van der Waals surface area contributed by atoms with E-state index in [9.17, 15) is 14.7 Å². The van der Waals surface area contributed by atoms with E-state index in [0.717, 1.165) is 51.4 Å². The van der Waals surface area contributed by atoms with Crippen LogP contribution in [0.5, 0.6) is 0 Å².